The number of rotatable bonds is 2. The first-order chi connectivity index (χ1) is 10.1. The summed E-state index contributed by atoms with van der Waals surface area (Å²) in [6.07, 6.45) is 1.65. The summed E-state index contributed by atoms with van der Waals surface area (Å²) in [5.74, 6) is -0.283. The van der Waals surface area contributed by atoms with Crippen molar-refractivity contribution in [2.24, 2.45) is 10.2 Å². The highest BCUT2D eigenvalue weighted by Crippen LogP contribution is 2.44. The molecule has 0 saturated heterocycles. The Morgan fingerprint density at radius 3 is 2.76 bits per heavy atom. The van der Waals surface area contributed by atoms with Gasteiger partial charge in [0.2, 0.25) is 0 Å². The molecule has 5 nitrogen and oxygen atoms in total. The molecule has 3 aromatic rings. The molecule has 0 atom stereocenters. The van der Waals surface area contributed by atoms with Gasteiger partial charge < -0.3 is 5.11 Å². The van der Waals surface area contributed by atoms with Gasteiger partial charge in [-0.1, -0.05) is 34.8 Å². The third kappa shape index (κ3) is 2.67. The van der Waals surface area contributed by atoms with Crippen molar-refractivity contribution >= 4 is 68.1 Å². The third-order valence-electron chi connectivity index (χ3n) is 2.60. The molecule has 0 radical (unpaired) electrons. The maximum atomic E-state index is 9.57. The predicted octanol–water partition coefficient (Wildman–Crippen LogP) is 5.77. The number of aromatic nitrogens is 2. The minimum atomic E-state index is -0.283. The summed E-state index contributed by atoms with van der Waals surface area (Å²) < 4.78 is 4.15. The van der Waals surface area contributed by atoms with Crippen LogP contribution in [0, 0.1) is 0 Å². The minimum absolute atomic E-state index is 0.0502. The number of phenolic OH excluding ortho intramolecular Hbond substituents is 1. The average molecular weight is 360 g/mol. The van der Waals surface area contributed by atoms with Crippen molar-refractivity contribution in [1.29, 1.82) is 0 Å². The fraction of sp³-hybridized carbons (Fsp3) is 0. The molecular formula is C12H5Cl3N4OS. The quantitative estimate of drug-likeness (QED) is 0.466. The van der Waals surface area contributed by atoms with Gasteiger partial charge in [0.25, 0.3) is 0 Å². The summed E-state index contributed by atoms with van der Waals surface area (Å²) in [4.78, 5) is 4.11. The number of pyridine rings is 1. The first-order valence-electron chi connectivity index (χ1n) is 5.56. The summed E-state index contributed by atoms with van der Waals surface area (Å²) in [7, 11) is 0. The Labute approximate surface area is 138 Å². The SMILES string of the molecule is Oc1c(Cl)cc(/N=N/c2snc3ncccc23)c(Cl)c1Cl. The van der Waals surface area contributed by atoms with Gasteiger partial charge in [-0.05, 0) is 29.7 Å². The number of azo groups is 1. The van der Waals surface area contributed by atoms with Gasteiger partial charge in [0.05, 0.1) is 15.4 Å². The molecule has 1 N–H and O–H groups in total. The van der Waals surface area contributed by atoms with Crippen LogP contribution >= 0.6 is 46.3 Å². The first kappa shape index (κ1) is 14.5. The molecule has 0 amide bonds. The van der Waals surface area contributed by atoms with Crippen LogP contribution in [0.4, 0.5) is 10.7 Å². The number of phenols is 1. The van der Waals surface area contributed by atoms with Crippen molar-refractivity contribution in [2.45, 2.75) is 0 Å². The molecule has 0 aliphatic rings. The van der Waals surface area contributed by atoms with E-state index in [1.807, 2.05) is 6.07 Å². The second-order valence-electron chi connectivity index (χ2n) is 3.92. The van der Waals surface area contributed by atoms with Crippen molar-refractivity contribution in [3.8, 4) is 5.75 Å². The van der Waals surface area contributed by atoms with Crippen LogP contribution in [0.3, 0.4) is 0 Å². The molecule has 2 aromatic heterocycles. The highest BCUT2D eigenvalue weighted by Gasteiger charge is 2.14. The molecule has 0 spiro atoms. The Morgan fingerprint density at radius 2 is 1.95 bits per heavy atom. The number of fused-ring (bicyclic) bond motifs is 1. The van der Waals surface area contributed by atoms with E-state index in [0.29, 0.717) is 10.6 Å². The van der Waals surface area contributed by atoms with Crippen LogP contribution in [0.2, 0.25) is 15.1 Å². The lowest BCUT2D eigenvalue weighted by molar-refractivity contribution is 0.476. The summed E-state index contributed by atoms with van der Waals surface area (Å²) in [6, 6.07) is 5.02. The van der Waals surface area contributed by atoms with Crippen LogP contribution in [0.15, 0.2) is 34.6 Å². The molecule has 0 unspecified atom stereocenters. The monoisotopic (exact) mass is 358 g/mol. The molecule has 0 aliphatic carbocycles. The summed E-state index contributed by atoms with van der Waals surface area (Å²) in [6.45, 7) is 0. The van der Waals surface area contributed by atoms with Crippen molar-refractivity contribution in [2.75, 3.05) is 0 Å². The van der Waals surface area contributed by atoms with E-state index in [9.17, 15) is 5.11 Å². The van der Waals surface area contributed by atoms with Gasteiger partial charge in [-0.25, -0.2) is 4.98 Å². The fourth-order valence-electron chi connectivity index (χ4n) is 1.59. The van der Waals surface area contributed by atoms with Crippen LogP contribution in [-0.2, 0) is 0 Å². The number of halogens is 3. The van der Waals surface area contributed by atoms with Crippen LogP contribution in [0.25, 0.3) is 11.0 Å². The van der Waals surface area contributed by atoms with Crippen LogP contribution in [0.5, 0.6) is 5.75 Å². The van der Waals surface area contributed by atoms with E-state index in [4.69, 9.17) is 34.8 Å². The van der Waals surface area contributed by atoms with Crippen molar-refractivity contribution in [1.82, 2.24) is 9.36 Å². The maximum absolute atomic E-state index is 9.57. The van der Waals surface area contributed by atoms with Crippen molar-refractivity contribution < 1.29 is 5.11 Å². The molecule has 21 heavy (non-hydrogen) atoms. The molecule has 9 heteroatoms. The fourth-order valence-corrected chi connectivity index (χ4v) is 2.87. The van der Waals surface area contributed by atoms with Crippen LogP contribution < -0.4 is 0 Å². The zero-order chi connectivity index (χ0) is 15.0. The lowest BCUT2D eigenvalue weighted by Gasteiger charge is -2.04. The van der Waals surface area contributed by atoms with E-state index < -0.39 is 0 Å². The molecule has 1 aromatic carbocycles. The Hall–Kier alpha value is -1.47. The maximum Gasteiger partial charge on any atom is 0.175 e. The number of nitrogens with zero attached hydrogens (tertiary/aromatic N) is 4. The number of hydrogen-bond acceptors (Lipinski definition) is 6. The molecule has 0 bridgehead atoms. The predicted molar refractivity (Wildman–Crippen MR) is 84.7 cm³/mol. The van der Waals surface area contributed by atoms with Gasteiger partial charge in [0, 0.05) is 6.20 Å². The molecule has 106 valence electrons. The molecule has 0 aliphatic heterocycles. The smallest absolute Gasteiger partial charge is 0.175 e. The molecule has 0 saturated carbocycles. The third-order valence-corrected chi connectivity index (χ3v) is 4.47. The minimum Gasteiger partial charge on any atom is -0.505 e. The van der Waals surface area contributed by atoms with Gasteiger partial charge in [-0.3, -0.25) is 0 Å². The average Bonchev–Trinajstić information content (AvgIpc) is 2.91. The Balaban J connectivity index is 2.04. The molecule has 2 heterocycles. The summed E-state index contributed by atoms with van der Waals surface area (Å²) in [5, 5.41) is 19.1. The molecule has 3 rings (SSSR count). The highest BCUT2D eigenvalue weighted by molar-refractivity contribution is 7.11. The van der Waals surface area contributed by atoms with E-state index >= 15 is 0 Å². The van der Waals surface area contributed by atoms with E-state index in [2.05, 4.69) is 19.6 Å². The topological polar surface area (TPSA) is 70.7 Å². The van der Waals surface area contributed by atoms with E-state index in [1.54, 1.807) is 12.3 Å². The Kier molecular flexibility index (Phi) is 3.95. The number of hydrogen-bond donors (Lipinski definition) is 1. The second-order valence-corrected chi connectivity index (χ2v) is 5.83. The van der Waals surface area contributed by atoms with Crippen molar-refractivity contribution in [3.05, 3.63) is 39.5 Å². The van der Waals surface area contributed by atoms with Crippen LogP contribution in [0.1, 0.15) is 0 Å². The van der Waals surface area contributed by atoms with E-state index in [0.717, 1.165) is 5.39 Å². The van der Waals surface area contributed by atoms with Gasteiger partial charge >= 0.3 is 0 Å². The lowest BCUT2D eigenvalue weighted by atomic mass is 10.3. The van der Waals surface area contributed by atoms with Gasteiger partial charge in [-0.15, -0.1) is 10.2 Å². The highest BCUT2D eigenvalue weighted by atomic mass is 35.5. The lowest BCUT2D eigenvalue weighted by Crippen LogP contribution is -1.75. The van der Waals surface area contributed by atoms with Gasteiger partial charge in [0.15, 0.2) is 16.4 Å². The number of benzene rings is 1. The molecule has 0 fully saturated rings. The molecular weight excluding hydrogens is 355 g/mol. The first-order valence-corrected chi connectivity index (χ1v) is 7.47. The van der Waals surface area contributed by atoms with Crippen molar-refractivity contribution in [3.63, 3.8) is 0 Å². The Bertz CT molecular complexity index is 865. The van der Waals surface area contributed by atoms with Gasteiger partial charge in [0.1, 0.15) is 10.7 Å². The number of aromatic hydroxyl groups is 1. The second kappa shape index (κ2) is 5.73. The Morgan fingerprint density at radius 1 is 1.14 bits per heavy atom. The van der Waals surface area contributed by atoms with Gasteiger partial charge in [-0.2, -0.15) is 4.37 Å². The normalized spacial score (nSPS) is 11.6. The largest absolute Gasteiger partial charge is 0.505 e. The van der Waals surface area contributed by atoms with E-state index in [1.165, 1.54) is 17.6 Å². The van der Waals surface area contributed by atoms with E-state index in [-0.39, 0.29) is 26.5 Å². The summed E-state index contributed by atoms with van der Waals surface area (Å²) >= 11 is 18.9. The summed E-state index contributed by atoms with van der Waals surface area (Å²) in [5.41, 5.74) is 0.860. The van der Waals surface area contributed by atoms with Crippen LogP contribution in [-0.4, -0.2) is 14.5 Å². The zero-order valence-corrected chi connectivity index (χ0v) is 13.2. The zero-order valence-electron chi connectivity index (χ0n) is 10.1. The standard InChI is InChI=1S/C12H5Cl3N4OS/c13-6-4-7(8(14)9(15)10(6)20)17-18-12-5-2-1-3-16-11(5)19-21-12/h1-4,20H/b18-17+.